The minimum Gasteiger partial charge on any atom is -0.748 e. The second-order valence-corrected chi connectivity index (χ2v) is 8.09. The molecule has 0 unspecified atom stereocenters. The van der Waals surface area contributed by atoms with Gasteiger partial charge in [0.15, 0.2) is 0 Å². The molecule has 0 aliphatic carbocycles. The van der Waals surface area contributed by atoms with Crippen LogP contribution >= 0.6 is 0 Å². The monoisotopic (exact) mass is 356 g/mol. The normalized spacial score (nSPS) is 11.4. The fourth-order valence-corrected chi connectivity index (χ4v) is 3.38. The van der Waals surface area contributed by atoms with Gasteiger partial charge in [0, 0.05) is 5.75 Å². The van der Waals surface area contributed by atoms with Gasteiger partial charge in [0.1, 0.15) is 0 Å². The van der Waals surface area contributed by atoms with E-state index in [1.807, 2.05) is 0 Å². The summed E-state index contributed by atoms with van der Waals surface area (Å²) in [5, 5.41) is 0. The van der Waals surface area contributed by atoms with E-state index < -0.39 is 10.1 Å². The van der Waals surface area contributed by atoms with Crippen LogP contribution in [0.4, 0.5) is 0 Å². The molecule has 0 aliphatic heterocycles. The molecule has 0 aromatic heterocycles. The largest absolute Gasteiger partial charge is 1.00 e. The first kappa shape index (κ1) is 26.1. The van der Waals surface area contributed by atoms with Gasteiger partial charge in [-0.3, -0.25) is 0 Å². The standard InChI is InChI=1S/C18H38O3S.Na/c1-2-3-4-5-6-7-8-9-10-11-12-13-14-15-16-17-18-22(19,20)21;/h2-18H2,1H3,(H,19,20,21);/q;+1/p-1. The third-order valence-electron chi connectivity index (χ3n) is 4.25. The van der Waals surface area contributed by atoms with Gasteiger partial charge in [-0.05, 0) is 6.42 Å². The Morgan fingerprint density at radius 2 is 0.826 bits per heavy atom. The molecule has 0 rings (SSSR count). The maximum atomic E-state index is 10.4. The minimum absolute atomic E-state index is 0. The van der Waals surface area contributed by atoms with E-state index in [1.165, 1.54) is 83.5 Å². The van der Waals surface area contributed by atoms with Crippen LogP contribution < -0.4 is 29.6 Å². The van der Waals surface area contributed by atoms with Crippen molar-refractivity contribution in [1.82, 2.24) is 0 Å². The van der Waals surface area contributed by atoms with E-state index in [0.29, 0.717) is 6.42 Å². The van der Waals surface area contributed by atoms with Crippen molar-refractivity contribution in [1.29, 1.82) is 0 Å². The average Bonchev–Trinajstić information content (AvgIpc) is 2.45. The van der Waals surface area contributed by atoms with Crippen LogP contribution in [0, 0.1) is 0 Å². The Bertz CT molecular complexity index is 318. The Morgan fingerprint density at radius 3 is 1.09 bits per heavy atom. The predicted molar refractivity (Wildman–Crippen MR) is 94.1 cm³/mol. The van der Waals surface area contributed by atoms with Crippen molar-refractivity contribution >= 4 is 10.1 Å². The Kier molecular flexibility index (Phi) is 21.9. The molecule has 134 valence electrons. The first-order chi connectivity index (χ1) is 10.6. The molecule has 0 atom stereocenters. The molecule has 0 aliphatic rings. The fraction of sp³-hybridized carbons (Fsp3) is 1.00. The van der Waals surface area contributed by atoms with Gasteiger partial charge in [0.2, 0.25) is 0 Å². The fourth-order valence-electron chi connectivity index (χ4n) is 2.83. The quantitative estimate of drug-likeness (QED) is 0.229. The SMILES string of the molecule is CCCCCCCCCCCCCCCCCCS(=O)(=O)[O-].[Na+]. The maximum Gasteiger partial charge on any atom is 1.00 e. The molecule has 5 heteroatoms. The van der Waals surface area contributed by atoms with Crippen LogP contribution in [0.25, 0.3) is 0 Å². The summed E-state index contributed by atoms with van der Waals surface area (Å²) in [5.74, 6) is -0.189. The van der Waals surface area contributed by atoms with Crippen LogP contribution in [-0.2, 0) is 10.1 Å². The third kappa shape index (κ3) is 25.3. The third-order valence-corrected chi connectivity index (χ3v) is 5.04. The molecule has 0 radical (unpaired) electrons. The van der Waals surface area contributed by atoms with Crippen LogP contribution in [0.5, 0.6) is 0 Å². The summed E-state index contributed by atoms with van der Waals surface area (Å²) in [6.45, 7) is 2.26. The number of hydrogen-bond acceptors (Lipinski definition) is 3. The zero-order chi connectivity index (χ0) is 16.5. The van der Waals surface area contributed by atoms with Crippen LogP contribution in [0.2, 0.25) is 0 Å². The van der Waals surface area contributed by atoms with E-state index in [9.17, 15) is 13.0 Å². The average molecular weight is 357 g/mol. The smallest absolute Gasteiger partial charge is 0.748 e. The Morgan fingerprint density at radius 1 is 0.565 bits per heavy atom. The van der Waals surface area contributed by atoms with Crippen LogP contribution in [0.15, 0.2) is 0 Å². The van der Waals surface area contributed by atoms with Crippen LogP contribution in [0.1, 0.15) is 110 Å². The zero-order valence-corrected chi connectivity index (χ0v) is 18.5. The predicted octanol–water partition coefficient (Wildman–Crippen LogP) is 2.80. The van der Waals surface area contributed by atoms with Gasteiger partial charge in [-0.2, -0.15) is 0 Å². The zero-order valence-electron chi connectivity index (χ0n) is 15.7. The molecule has 0 bridgehead atoms. The van der Waals surface area contributed by atoms with Crippen molar-refractivity contribution < 1.29 is 42.5 Å². The molecule has 23 heavy (non-hydrogen) atoms. The van der Waals surface area contributed by atoms with E-state index in [-0.39, 0.29) is 35.3 Å². The van der Waals surface area contributed by atoms with Gasteiger partial charge in [0.25, 0.3) is 0 Å². The van der Waals surface area contributed by atoms with E-state index in [4.69, 9.17) is 0 Å². The number of unbranched alkanes of at least 4 members (excludes halogenated alkanes) is 15. The number of hydrogen-bond donors (Lipinski definition) is 0. The summed E-state index contributed by atoms with van der Waals surface area (Å²) in [6, 6.07) is 0. The molecule has 0 amide bonds. The second-order valence-electron chi connectivity index (χ2n) is 6.57. The summed E-state index contributed by atoms with van der Waals surface area (Å²) in [4.78, 5) is 0. The van der Waals surface area contributed by atoms with Gasteiger partial charge in [-0.25, -0.2) is 8.42 Å². The Hall–Kier alpha value is 0.910. The van der Waals surface area contributed by atoms with Crippen molar-refractivity contribution in [3.63, 3.8) is 0 Å². The first-order valence-corrected chi connectivity index (χ1v) is 11.1. The molecule has 0 N–H and O–H groups in total. The van der Waals surface area contributed by atoms with Gasteiger partial charge in [-0.1, -0.05) is 103 Å². The van der Waals surface area contributed by atoms with Crippen molar-refractivity contribution in [3.05, 3.63) is 0 Å². The molecule has 3 nitrogen and oxygen atoms in total. The summed E-state index contributed by atoms with van der Waals surface area (Å²) >= 11 is 0. The molecule has 0 aromatic rings. The van der Waals surface area contributed by atoms with Gasteiger partial charge in [0.05, 0.1) is 10.1 Å². The van der Waals surface area contributed by atoms with Gasteiger partial charge >= 0.3 is 29.6 Å². The molecule has 0 heterocycles. The summed E-state index contributed by atoms with van der Waals surface area (Å²) in [6.07, 6.45) is 20.1. The molecule has 0 spiro atoms. The molecular formula is C18H37NaO3S. The maximum absolute atomic E-state index is 10.4. The summed E-state index contributed by atoms with van der Waals surface area (Å²) < 4.78 is 31.3. The molecule has 0 saturated heterocycles. The minimum atomic E-state index is -3.99. The molecular weight excluding hydrogens is 319 g/mol. The van der Waals surface area contributed by atoms with E-state index in [0.717, 1.165) is 12.8 Å². The topological polar surface area (TPSA) is 57.2 Å². The molecule has 0 fully saturated rings. The van der Waals surface area contributed by atoms with Gasteiger partial charge < -0.3 is 4.55 Å². The number of rotatable bonds is 17. The Labute approximate surface area is 167 Å². The van der Waals surface area contributed by atoms with Crippen molar-refractivity contribution in [2.24, 2.45) is 0 Å². The van der Waals surface area contributed by atoms with Crippen molar-refractivity contribution in [2.45, 2.75) is 110 Å². The van der Waals surface area contributed by atoms with E-state index >= 15 is 0 Å². The van der Waals surface area contributed by atoms with Crippen molar-refractivity contribution in [2.75, 3.05) is 5.75 Å². The van der Waals surface area contributed by atoms with Crippen LogP contribution in [-0.4, -0.2) is 18.7 Å². The summed E-state index contributed by atoms with van der Waals surface area (Å²) in [7, 11) is -3.99. The summed E-state index contributed by atoms with van der Waals surface area (Å²) in [5.41, 5.74) is 0. The Balaban J connectivity index is 0. The first-order valence-electron chi connectivity index (χ1n) is 9.50. The van der Waals surface area contributed by atoms with Crippen molar-refractivity contribution in [3.8, 4) is 0 Å². The van der Waals surface area contributed by atoms with Gasteiger partial charge in [-0.15, -0.1) is 0 Å². The van der Waals surface area contributed by atoms with E-state index in [1.54, 1.807) is 0 Å². The van der Waals surface area contributed by atoms with Crippen LogP contribution in [0.3, 0.4) is 0 Å². The molecule has 0 saturated carbocycles. The molecule has 0 aromatic carbocycles. The second kappa shape index (κ2) is 19.2. The van der Waals surface area contributed by atoms with E-state index in [2.05, 4.69) is 6.92 Å².